The van der Waals surface area contributed by atoms with Crippen molar-refractivity contribution in [3.8, 4) is 10.6 Å². The quantitative estimate of drug-likeness (QED) is 0.800. The van der Waals surface area contributed by atoms with Crippen molar-refractivity contribution in [1.82, 2.24) is 19.8 Å². The number of carbonyl (C=O) groups is 1. The SMILES string of the molecule is CS(=O)(=O)NC(=O)N1CCCC2C(=CC=CC2c2cnc(-c3cccnc3)s2)O1. The second kappa shape index (κ2) is 7.96. The Morgan fingerprint density at radius 3 is 3.00 bits per heavy atom. The van der Waals surface area contributed by atoms with Crippen molar-refractivity contribution in [3.05, 3.63) is 59.6 Å². The average molecular weight is 433 g/mol. The maximum Gasteiger partial charge on any atom is 0.364 e. The van der Waals surface area contributed by atoms with Gasteiger partial charge < -0.3 is 4.84 Å². The predicted molar refractivity (Wildman–Crippen MR) is 109 cm³/mol. The fourth-order valence-corrected chi connectivity index (χ4v) is 4.93. The van der Waals surface area contributed by atoms with E-state index in [1.54, 1.807) is 23.7 Å². The van der Waals surface area contributed by atoms with Crippen molar-refractivity contribution >= 4 is 27.4 Å². The minimum absolute atomic E-state index is 0.0539. The monoisotopic (exact) mass is 432 g/mol. The first-order chi connectivity index (χ1) is 13.9. The second-order valence-electron chi connectivity index (χ2n) is 6.91. The van der Waals surface area contributed by atoms with E-state index in [0.717, 1.165) is 33.2 Å². The van der Waals surface area contributed by atoms with Gasteiger partial charge in [0.05, 0.1) is 12.8 Å². The first-order valence-electron chi connectivity index (χ1n) is 9.12. The summed E-state index contributed by atoms with van der Waals surface area (Å²) < 4.78 is 24.7. The lowest BCUT2D eigenvalue weighted by molar-refractivity contribution is -0.0747. The number of allylic oxidation sites excluding steroid dienone is 4. The van der Waals surface area contributed by atoms with Gasteiger partial charge in [-0.1, -0.05) is 12.2 Å². The van der Waals surface area contributed by atoms with Gasteiger partial charge in [-0.05, 0) is 31.1 Å². The average Bonchev–Trinajstić information content (AvgIpc) is 3.06. The number of sulfonamides is 1. The number of fused-ring (bicyclic) bond motifs is 1. The molecule has 2 aromatic heterocycles. The van der Waals surface area contributed by atoms with Gasteiger partial charge in [0, 0.05) is 40.9 Å². The molecular weight excluding hydrogens is 412 g/mol. The highest BCUT2D eigenvalue weighted by Gasteiger charge is 2.34. The van der Waals surface area contributed by atoms with Gasteiger partial charge in [-0.25, -0.2) is 22.9 Å². The van der Waals surface area contributed by atoms with Crippen molar-refractivity contribution in [2.24, 2.45) is 5.92 Å². The van der Waals surface area contributed by atoms with Crippen LogP contribution in [0.2, 0.25) is 0 Å². The summed E-state index contributed by atoms with van der Waals surface area (Å²) in [5, 5.41) is 1.98. The molecule has 2 atom stereocenters. The molecule has 1 N–H and O–H groups in total. The summed E-state index contributed by atoms with van der Waals surface area (Å²) >= 11 is 1.61. The number of nitrogens with zero attached hydrogens (tertiary/aromatic N) is 3. The highest BCUT2D eigenvalue weighted by atomic mass is 32.2. The van der Waals surface area contributed by atoms with Crippen LogP contribution in [0.15, 0.2) is 54.7 Å². The maximum absolute atomic E-state index is 12.2. The van der Waals surface area contributed by atoms with E-state index in [9.17, 15) is 13.2 Å². The molecule has 1 aliphatic carbocycles. The highest BCUT2D eigenvalue weighted by molar-refractivity contribution is 7.89. The fourth-order valence-electron chi connectivity index (χ4n) is 3.46. The van der Waals surface area contributed by atoms with Crippen molar-refractivity contribution in [2.45, 2.75) is 18.8 Å². The Labute approximate surface area is 172 Å². The van der Waals surface area contributed by atoms with Gasteiger partial charge >= 0.3 is 6.03 Å². The molecule has 2 amide bonds. The molecular formula is C19H20N4O4S2. The van der Waals surface area contributed by atoms with E-state index in [1.807, 2.05) is 35.2 Å². The molecule has 0 spiro atoms. The molecule has 2 aromatic rings. The summed E-state index contributed by atoms with van der Waals surface area (Å²) in [7, 11) is -3.66. The van der Waals surface area contributed by atoms with Crippen LogP contribution in [0.1, 0.15) is 23.6 Å². The normalized spacial score (nSPS) is 21.6. The third kappa shape index (κ3) is 4.48. The summed E-state index contributed by atoms with van der Waals surface area (Å²) in [6.07, 6.45) is 13.7. The molecule has 3 heterocycles. The van der Waals surface area contributed by atoms with Crippen LogP contribution in [0.4, 0.5) is 4.79 Å². The molecule has 2 unspecified atom stereocenters. The third-order valence-electron chi connectivity index (χ3n) is 4.73. The van der Waals surface area contributed by atoms with Crippen LogP contribution in [-0.4, -0.2) is 42.3 Å². The van der Waals surface area contributed by atoms with Crippen LogP contribution in [0.25, 0.3) is 10.6 Å². The minimum Gasteiger partial charge on any atom is -0.380 e. The van der Waals surface area contributed by atoms with Crippen molar-refractivity contribution < 1.29 is 18.0 Å². The zero-order valence-electron chi connectivity index (χ0n) is 15.7. The number of carbonyl (C=O) groups excluding carboxylic acids is 1. The highest BCUT2D eigenvalue weighted by Crippen LogP contribution is 2.42. The van der Waals surface area contributed by atoms with Crippen LogP contribution < -0.4 is 4.72 Å². The molecule has 10 heteroatoms. The number of thiazole rings is 1. The van der Waals surface area contributed by atoms with Gasteiger partial charge in [0.2, 0.25) is 10.0 Å². The zero-order valence-corrected chi connectivity index (χ0v) is 17.3. The summed E-state index contributed by atoms with van der Waals surface area (Å²) in [5.41, 5.74) is 0.972. The van der Waals surface area contributed by atoms with Gasteiger partial charge in [-0.15, -0.1) is 11.3 Å². The number of hydrogen-bond donors (Lipinski definition) is 1. The second-order valence-corrected chi connectivity index (χ2v) is 9.72. The number of nitrogens with one attached hydrogen (secondary N) is 1. The van der Waals surface area contributed by atoms with Crippen molar-refractivity contribution in [1.29, 1.82) is 0 Å². The Hall–Kier alpha value is -2.72. The molecule has 1 fully saturated rings. The molecule has 2 aliphatic rings. The lowest BCUT2D eigenvalue weighted by atomic mass is 9.83. The van der Waals surface area contributed by atoms with Crippen molar-refractivity contribution in [2.75, 3.05) is 12.8 Å². The van der Waals surface area contributed by atoms with Gasteiger partial charge in [0.1, 0.15) is 10.8 Å². The van der Waals surface area contributed by atoms with Gasteiger partial charge in [-0.3, -0.25) is 4.98 Å². The number of rotatable bonds is 3. The lowest BCUT2D eigenvalue weighted by Crippen LogP contribution is -2.42. The number of pyridine rings is 1. The first-order valence-corrected chi connectivity index (χ1v) is 11.8. The first kappa shape index (κ1) is 19.6. The minimum atomic E-state index is -3.66. The van der Waals surface area contributed by atoms with Crippen LogP contribution >= 0.6 is 11.3 Å². The molecule has 8 nitrogen and oxygen atoms in total. The third-order valence-corrected chi connectivity index (χ3v) is 6.42. The smallest absolute Gasteiger partial charge is 0.364 e. The van der Waals surface area contributed by atoms with E-state index >= 15 is 0 Å². The van der Waals surface area contributed by atoms with E-state index in [1.165, 1.54) is 0 Å². The summed E-state index contributed by atoms with van der Waals surface area (Å²) in [5.74, 6) is 0.782. The van der Waals surface area contributed by atoms with Crippen molar-refractivity contribution in [3.63, 3.8) is 0 Å². The van der Waals surface area contributed by atoms with Crippen LogP contribution in [0.3, 0.4) is 0 Å². The van der Waals surface area contributed by atoms with Crippen LogP contribution in [0, 0.1) is 5.92 Å². The molecule has 0 aromatic carbocycles. The van der Waals surface area contributed by atoms with Gasteiger partial charge in [0.15, 0.2) is 0 Å². The molecule has 1 aliphatic heterocycles. The standard InChI is InChI=1S/C19H20N4O4S2/c1-29(25,26)22-19(24)23-10-4-7-14-15(6-2-8-16(14)27-23)17-12-21-18(28-17)13-5-3-9-20-11-13/h2-3,5-6,8-9,11-12,14-15H,4,7,10H2,1H3,(H,22,24). The number of amides is 2. The largest absolute Gasteiger partial charge is 0.380 e. The Kier molecular flexibility index (Phi) is 5.37. The fraction of sp³-hybridized carbons (Fsp3) is 0.316. The zero-order chi connectivity index (χ0) is 20.4. The maximum atomic E-state index is 12.2. The molecule has 29 heavy (non-hydrogen) atoms. The summed E-state index contributed by atoms with van der Waals surface area (Å²) in [6, 6.07) is 3.08. The Morgan fingerprint density at radius 1 is 1.38 bits per heavy atom. The van der Waals surface area contributed by atoms with E-state index in [4.69, 9.17) is 4.84 Å². The molecule has 0 radical (unpaired) electrons. The topological polar surface area (TPSA) is 101 Å². The van der Waals surface area contributed by atoms with Crippen LogP contribution in [-0.2, 0) is 14.9 Å². The predicted octanol–water partition coefficient (Wildman–Crippen LogP) is 3.06. The number of urea groups is 1. The summed E-state index contributed by atoms with van der Waals surface area (Å²) in [4.78, 5) is 27.8. The molecule has 152 valence electrons. The van der Waals surface area contributed by atoms with E-state index in [-0.39, 0.29) is 11.8 Å². The Balaban J connectivity index is 1.53. The van der Waals surface area contributed by atoms with Gasteiger partial charge in [-0.2, -0.15) is 5.06 Å². The molecule has 4 rings (SSSR count). The van der Waals surface area contributed by atoms with E-state index < -0.39 is 16.1 Å². The lowest BCUT2D eigenvalue weighted by Gasteiger charge is -2.28. The molecule has 1 saturated heterocycles. The Bertz CT molecular complexity index is 1060. The van der Waals surface area contributed by atoms with Gasteiger partial charge in [0.25, 0.3) is 0 Å². The number of hydroxylamine groups is 2. The molecule has 0 bridgehead atoms. The Morgan fingerprint density at radius 2 is 2.24 bits per heavy atom. The summed E-state index contributed by atoms with van der Waals surface area (Å²) in [6.45, 7) is 0.311. The van der Waals surface area contributed by atoms with Crippen LogP contribution in [0.5, 0.6) is 0 Å². The molecule has 0 saturated carbocycles. The number of hydrogen-bond acceptors (Lipinski definition) is 7. The van der Waals surface area contributed by atoms with E-state index in [2.05, 4.69) is 16.0 Å². The number of aromatic nitrogens is 2. The van der Waals surface area contributed by atoms with E-state index in [0.29, 0.717) is 18.7 Å².